The summed E-state index contributed by atoms with van der Waals surface area (Å²) >= 11 is 0. The SMILES string of the molecule is C[C@@H]1C(=O)NCCN1C[C@@H](O)COc1ccccc1C(F)(F)F. The third kappa shape index (κ3) is 4.59. The molecule has 0 aromatic heterocycles. The van der Waals surface area contributed by atoms with Crippen LogP contribution >= 0.6 is 0 Å². The third-order valence-electron chi connectivity index (χ3n) is 3.69. The zero-order chi connectivity index (χ0) is 17.0. The number of rotatable bonds is 5. The molecule has 0 unspecified atom stereocenters. The molecule has 2 atom stereocenters. The molecule has 0 radical (unpaired) electrons. The van der Waals surface area contributed by atoms with Gasteiger partial charge in [-0.3, -0.25) is 9.69 Å². The van der Waals surface area contributed by atoms with Gasteiger partial charge in [0.05, 0.1) is 11.6 Å². The number of ether oxygens (including phenoxy) is 1. The van der Waals surface area contributed by atoms with Crippen molar-refractivity contribution in [2.75, 3.05) is 26.2 Å². The highest BCUT2D eigenvalue weighted by atomic mass is 19.4. The number of piperazine rings is 1. The van der Waals surface area contributed by atoms with Crippen LogP contribution in [0.25, 0.3) is 0 Å². The molecule has 1 aliphatic rings. The number of aliphatic hydroxyl groups excluding tert-OH is 1. The molecule has 1 amide bonds. The molecule has 5 nitrogen and oxygen atoms in total. The van der Waals surface area contributed by atoms with E-state index in [1.165, 1.54) is 18.2 Å². The average molecular weight is 332 g/mol. The first-order valence-corrected chi connectivity index (χ1v) is 7.28. The van der Waals surface area contributed by atoms with Crippen LogP contribution in [0.3, 0.4) is 0 Å². The second kappa shape index (κ2) is 7.18. The van der Waals surface area contributed by atoms with Crippen molar-refractivity contribution in [2.45, 2.75) is 25.2 Å². The highest BCUT2D eigenvalue weighted by Gasteiger charge is 2.34. The summed E-state index contributed by atoms with van der Waals surface area (Å²) in [6.07, 6.45) is -5.51. The zero-order valence-electron chi connectivity index (χ0n) is 12.6. The fourth-order valence-electron chi connectivity index (χ4n) is 2.42. The van der Waals surface area contributed by atoms with Gasteiger partial charge in [0.1, 0.15) is 18.5 Å². The van der Waals surface area contributed by atoms with Gasteiger partial charge in [0.2, 0.25) is 5.91 Å². The number of carbonyl (C=O) groups is 1. The second-order valence-corrected chi connectivity index (χ2v) is 5.42. The minimum Gasteiger partial charge on any atom is -0.490 e. The number of β-amino-alcohol motifs (C(OH)–C–C–N with tert-alkyl or cyclic N) is 1. The highest BCUT2D eigenvalue weighted by Crippen LogP contribution is 2.35. The molecule has 1 fully saturated rings. The Kier molecular flexibility index (Phi) is 5.48. The maximum atomic E-state index is 12.8. The van der Waals surface area contributed by atoms with Gasteiger partial charge < -0.3 is 15.2 Å². The fraction of sp³-hybridized carbons (Fsp3) is 0.533. The van der Waals surface area contributed by atoms with Crippen LogP contribution in [0.1, 0.15) is 12.5 Å². The van der Waals surface area contributed by atoms with Crippen LogP contribution < -0.4 is 10.1 Å². The Morgan fingerprint density at radius 1 is 1.43 bits per heavy atom. The van der Waals surface area contributed by atoms with E-state index in [2.05, 4.69) is 5.32 Å². The minimum atomic E-state index is -4.51. The lowest BCUT2D eigenvalue weighted by atomic mass is 10.2. The Morgan fingerprint density at radius 2 is 2.13 bits per heavy atom. The predicted octanol–water partition coefficient (Wildman–Crippen LogP) is 1.27. The standard InChI is InChI=1S/C15H19F3N2O3/c1-10-14(22)19-6-7-20(10)8-11(21)9-23-13-5-3-2-4-12(13)15(16,17)18/h2-5,10-11,21H,6-9H2,1H3,(H,19,22)/t10-,11-/m1/s1. The van der Waals surface area contributed by atoms with Gasteiger partial charge >= 0.3 is 6.18 Å². The first-order valence-electron chi connectivity index (χ1n) is 7.28. The van der Waals surface area contributed by atoms with Gasteiger partial charge in [-0.15, -0.1) is 0 Å². The molecule has 1 heterocycles. The molecule has 2 N–H and O–H groups in total. The van der Waals surface area contributed by atoms with Crippen molar-refractivity contribution in [3.8, 4) is 5.75 Å². The van der Waals surface area contributed by atoms with Crippen LogP contribution in [-0.2, 0) is 11.0 Å². The van der Waals surface area contributed by atoms with Crippen LogP contribution in [0, 0.1) is 0 Å². The molecule has 1 aromatic carbocycles. The first kappa shape index (κ1) is 17.6. The number of nitrogens with one attached hydrogen (secondary N) is 1. The summed E-state index contributed by atoms with van der Waals surface area (Å²) in [6, 6.07) is 4.47. The zero-order valence-corrected chi connectivity index (χ0v) is 12.6. The Hall–Kier alpha value is -1.80. The average Bonchev–Trinajstić information content (AvgIpc) is 2.49. The summed E-state index contributed by atoms with van der Waals surface area (Å²) in [7, 11) is 0. The molecule has 2 rings (SSSR count). The lowest BCUT2D eigenvalue weighted by Gasteiger charge is -2.34. The number of aliphatic hydroxyl groups is 1. The number of para-hydroxylation sites is 1. The van der Waals surface area contributed by atoms with E-state index in [0.29, 0.717) is 13.1 Å². The number of alkyl halides is 3. The van der Waals surface area contributed by atoms with Crippen LogP contribution in [0.4, 0.5) is 13.2 Å². The van der Waals surface area contributed by atoms with E-state index < -0.39 is 17.8 Å². The Balaban J connectivity index is 1.92. The van der Waals surface area contributed by atoms with Crippen molar-refractivity contribution in [1.82, 2.24) is 10.2 Å². The molecule has 1 saturated heterocycles. The quantitative estimate of drug-likeness (QED) is 0.852. The van der Waals surface area contributed by atoms with Crippen molar-refractivity contribution in [2.24, 2.45) is 0 Å². The summed E-state index contributed by atoms with van der Waals surface area (Å²) in [5.74, 6) is -0.449. The monoisotopic (exact) mass is 332 g/mol. The van der Waals surface area contributed by atoms with Gasteiger partial charge in [-0.1, -0.05) is 12.1 Å². The fourth-order valence-corrected chi connectivity index (χ4v) is 2.42. The first-order chi connectivity index (χ1) is 10.8. The van der Waals surface area contributed by atoms with Crippen molar-refractivity contribution in [1.29, 1.82) is 0 Å². The third-order valence-corrected chi connectivity index (χ3v) is 3.69. The van der Waals surface area contributed by atoms with E-state index in [1.54, 1.807) is 11.8 Å². The number of halogens is 3. The molecule has 8 heteroatoms. The van der Waals surface area contributed by atoms with Gasteiger partial charge in [0.15, 0.2) is 0 Å². The lowest BCUT2D eigenvalue weighted by molar-refractivity contribution is -0.139. The van der Waals surface area contributed by atoms with Crippen molar-refractivity contribution < 1.29 is 27.8 Å². The Labute approximate surface area is 132 Å². The van der Waals surface area contributed by atoms with Crippen LogP contribution in [0.2, 0.25) is 0 Å². The maximum absolute atomic E-state index is 12.8. The summed E-state index contributed by atoms with van der Waals surface area (Å²) < 4.78 is 43.7. The molecule has 0 aliphatic carbocycles. The molecule has 0 saturated carbocycles. The summed E-state index contributed by atoms with van der Waals surface area (Å²) in [5, 5.41) is 12.7. The molecule has 23 heavy (non-hydrogen) atoms. The normalized spacial score (nSPS) is 20.9. The second-order valence-electron chi connectivity index (χ2n) is 5.42. The maximum Gasteiger partial charge on any atom is 0.419 e. The smallest absolute Gasteiger partial charge is 0.419 e. The van der Waals surface area contributed by atoms with E-state index >= 15 is 0 Å². The van der Waals surface area contributed by atoms with Gasteiger partial charge in [0, 0.05) is 19.6 Å². The molecule has 128 valence electrons. The van der Waals surface area contributed by atoms with Gasteiger partial charge in [-0.2, -0.15) is 13.2 Å². The van der Waals surface area contributed by atoms with E-state index in [0.717, 1.165) is 6.07 Å². The number of nitrogens with zero attached hydrogens (tertiary/aromatic N) is 1. The molecule has 1 aromatic rings. The van der Waals surface area contributed by atoms with E-state index in [1.807, 2.05) is 0 Å². The molecule has 0 spiro atoms. The van der Waals surface area contributed by atoms with Crippen molar-refractivity contribution in [3.05, 3.63) is 29.8 Å². The van der Waals surface area contributed by atoms with Gasteiger partial charge in [-0.25, -0.2) is 0 Å². The summed E-state index contributed by atoms with van der Waals surface area (Å²) in [5.41, 5.74) is -0.877. The number of carbonyl (C=O) groups excluding carboxylic acids is 1. The molecular formula is C15H19F3N2O3. The van der Waals surface area contributed by atoms with Crippen LogP contribution in [-0.4, -0.2) is 54.3 Å². The molecule has 1 aliphatic heterocycles. The topological polar surface area (TPSA) is 61.8 Å². The summed E-state index contributed by atoms with van der Waals surface area (Å²) in [4.78, 5) is 13.3. The number of benzene rings is 1. The molecular weight excluding hydrogens is 313 g/mol. The Bertz CT molecular complexity index is 551. The van der Waals surface area contributed by atoms with Crippen molar-refractivity contribution in [3.63, 3.8) is 0 Å². The van der Waals surface area contributed by atoms with E-state index in [-0.39, 0.29) is 30.9 Å². The number of hydrogen-bond acceptors (Lipinski definition) is 4. The Morgan fingerprint density at radius 3 is 2.83 bits per heavy atom. The predicted molar refractivity (Wildman–Crippen MR) is 77.0 cm³/mol. The van der Waals surface area contributed by atoms with Crippen molar-refractivity contribution >= 4 is 5.91 Å². The van der Waals surface area contributed by atoms with Gasteiger partial charge in [0.25, 0.3) is 0 Å². The van der Waals surface area contributed by atoms with Crippen LogP contribution in [0.5, 0.6) is 5.75 Å². The van der Waals surface area contributed by atoms with E-state index in [4.69, 9.17) is 4.74 Å². The summed E-state index contributed by atoms with van der Waals surface area (Å²) in [6.45, 7) is 2.64. The largest absolute Gasteiger partial charge is 0.490 e. The van der Waals surface area contributed by atoms with E-state index in [9.17, 15) is 23.1 Å². The minimum absolute atomic E-state index is 0.133. The molecule has 0 bridgehead atoms. The van der Waals surface area contributed by atoms with Gasteiger partial charge in [-0.05, 0) is 19.1 Å². The number of amides is 1. The lowest BCUT2D eigenvalue weighted by Crippen LogP contribution is -2.55. The number of hydrogen-bond donors (Lipinski definition) is 2. The highest BCUT2D eigenvalue weighted by molar-refractivity contribution is 5.81. The van der Waals surface area contributed by atoms with Crippen LogP contribution in [0.15, 0.2) is 24.3 Å².